The molecule has 1 aromatic heterocycles. The molecule has 3 aromatic rings. The highest BCUT2D eigenvalue weighted by molar-refractivity contribution is 5.80. The van der Waals surface area contributed by atoms with Gasteiger partial charge in [0.05, 0.1) is 18.9 Å². The van der Waals surface area contributed by atoms with E-state index in [4.69, 9.17) is 9.73 Å². The molecule has 4 rings (SSSR count). The number of nitrogens with one attached hydrogen (secondary N) is 2. The summed E-state index contributed by atoms with van der Waals surface area (Å²) in [6.45, 7) is 8.61. The van der Waals surface area contributed by atoms with Crippen molar-refractivity contribution in [2.24, 2.45) is 4.99 Å². The third-order valence-electron chi connectivity index (χ3n) is 5.40. The molecule has 2 heterocycles. The molecule has 0 saturated carbocycles. The molecule has 6 nitrogen and oxygen atoms in total. The lowest BCUT2D eigenvalue weighted by Gasteiger charge is -2.38. The average Bonchev–Trinajstić information content (AvgIpc) is 3.25. The zero-order valence-electron chi connectivity index (χ0n) is 18.5. The van der Waals surface area contributed by atoms with Gasteiger partial charge in [-0.25, -0.2) is 9.98 Å². The largest absolute Gasteiger partial charge is 0.487 e. The van der Waals surface area contributed by atoms with Crippen LogP contribution in [0.2, 0.25) is 0 Å². The molecule has 0 fully saturated rings. The molecule has 0 saturated heterocycles. The van der Waals surface area contributed by atoms with Crippen molar-refractivity contribution in [2.75, 3.05) is 6.54 Å². The Labute approximate surface area is 184 Å². The Morgan fingerprint density at radius 1 is 1.16 bits per heavy atom. The topological polar surface area (TPSA) is 63.5 Å². The molecule has 6 heteroatoms. The van der Waals surface area contributed by atoms with Gasteiger partial charge in [-0.2, -0.15) is 0 Å². The van der Waals surface area contributed by atoms with E-state index in [1.165, 1.54) is 16.7 Å². The molecule has 0 spiro atoms. The molecule has 1 aliphatic heterocycles. The zero-order valence-corrected chi connectivity index (χ0v) is 18.5. The lowest BCUT2D eigenvalue weighted by Crippen LogP contribution is -2.45. The first kappa shape index (κ1) is 21.0. The predicted octanol–water partition coefficient (Wildman–Crippen LogP) is 4.29. The van der Waals surface area contributed by atoms with Crippen LogP contribution >= 0.6 is 0 Å². The zero-order chi connectivity index (χ0) is 21.7. The minimum absolute atomic E-state index is 0.148. The number of imidazole rings is 1. The Morgan fingerprint density at radius 3 is 2.68 bits per heavy atom. The third-order valence-corrected chi connectivity index (χ3v) is 5.40. The van der Waals surface area contributed by atoms with Crippen LogP contribution in [0.3, 0.4) is 0 Å². The number of ether oxygens (including phenoxy) is 1. The monoisotopic (exact) mass is 417 g/mol. The van der Waals surface area contributed by atoms with E-state index in [1.54, 1.807) is 6.20 Å². The van der Waals surface area contributed by atoms with Crippen LogP contribution in [0.25, 0.3) is 0 Å². The second kappa shape index (κ2) is 9.25. The molecule has 0 amide bonds. The summed E-state index contributed by atoms with van der Waals surface area (Å²) in [4.78, 5) is 8.94. The number of para-hydroxylation sites is 1. The summed E-state index contributed by atoms with van der Waals surface area (Å²) < 4.78 is 8.23. The Balaban J connectivity index is 1.45. The number of aromatic nitrogens is 2. The Hall–Kier alpha value is -3.28. The number of nitrogens with zero attached hydrogens (tertiary/aromatic N) is 3. The van der Waals surface area contributed by atoms with E-state index in [0.29, 0.717) is 6.54 Å². The molecule has 31 heavy (non-hydrogen) atoms. The van der Waals surface area contributed by atoms with Crippen LogP contribution in [0.4, 0.5) is 0 Å². The highest BCUT2D eigenvalue weighted by Crippen LogP contribution is 2.39. The van der Waals surface area contributed by atoms with E-state index in [2.05, 4.69) is 77.4 Å². The molecule has 2 aromatic carbocycles. The number of hydrogen-bond acceptors (Lipinski definition) is 3. The Morgan fingerprint density at radius 2 is 1.94 bits per heavy atom. The summed E-state index contributed by atoms with van der Waals surface area (Å²) in [5, 5.41) is 7.02. The van der Waals surface area contributed by atoms with Gasteiger partial charge >= 0.3 is 0 Å². The second-order valence-electron chi connectivity index (χ2n) is 8.55. The predicted molar refractivity (Wildman–Crippen MR) is 124 cm³/mol. The number of guanidine groups is 1. The van der Waals surface area contributed by atoms with Crippen LogP contribution in [0.15, 0.2) is 72.2 Å². The fourth-order valence-electron chi connectivity index (χ4n) is 3.93. The minimum Gasteiger partial charge on any atom is -0.487 e. The Kier molecular flexibility index (Phi) is 6.26. The van der Waals surface area contributed by atoms with Crippen LogP contribution < -0.4 is 15.4 Å². The van der Waals surface area contributed by atoms with Crippen LogP contribution in [0.1, 0.15) is 49.9 Å². The van der Waals surface area contributed by atoms with E-state index in [9.17, 15) is 0 Å². The van der Waals surface area contributed by atoms with Crippen molar-refractivity contribution in [1.29, 1.82) is 0 Å². The summed E-state index contributed by atoms with van der Waals surface area (Å²) in [7, 11) is 0. The number of benzene rings is 2. The van der Waals surface area contributed by atoms with Gasteiger partial charge in [-0.3, -0.25) is 0 Å². The maximum absolute atomic E-state index is 6.16. The number of fused-ring (bicyclic) bond motifs is 1. The van der Waals surface area contributed by atoms with Gasteiger partial charge in [0.2, 0.25) is 0 Å². The Bertz CT molecular complexity index is 1010. The first-order valence-corrected chi connectivity index (χ1v) is 10.9. The van der Waals surface area contributed by atoms with Gasteiger partial charge in [-0.1, -0.05) is 42.5 Å². The maximum Gasteiger partial charge on any atom is 0.192 e. The summed E-state index contributed by atoms with van der Waals surface area (Å²) in [6.07, 6.45) is 6.48. The van der Waals surface area contributed by atoms with Crippen molar-refractivity contribution in [2.45, 2.75) is 51.9 Å². The maximum atomic E-state index is 6.16. The van der Waals surface area contributed by atoms with E-state index < -0.39 is 0 Å². The van der Waals surface area contributed by atoms with Crippen LogP contribution in [-0.4, -0.2) is 27.7 Å². The van der Waals surface area contributed by atoms with E-state index >= 15 is 0 Å². The van der Waals surface area contributed by atoms with Crippen LogP contribution in [-0.2, 0) is 13.1 Å². The minimum atomic E-state index is -0.228. The molecule has 1 atom stereocenters. The molecular formula is C25H31N5O. The van der Waals surface area contributed by atoms with Crippen molar-refractivity contribution in [1.82, 2.24) is 20.2 Å². The normalized spacial score (nSPS) is 17.5. The first-order chi connectivity index (χ1) is 15.0. The van der Waals surface area contributed by atoms with Gasteiger partial charge in [-0.15, -0.1) is 0 Å². The number of aliphatic imine (C=N–C) groups is 1. The van der Waals surface area contributed by atoms with Crippen LogP contribution in [0.5, 0.6) is 5.75 Å². The standard InChI is InChI=1S/C25H31N5O/c1-4-27-24(29-22-15-25(2,3)31-23-8-6-5-7-21(22)23)28-16-19-9-11-20(12-10-19)17-30-14-13-26-18-30/h5-14,18,22H,4,15-17H2,1-3H3,(H2,27,28,29). The van der Waals surface area contributed by atoms with E-state index in [0.717, 1.165) is 31.2 Å². The van der Waals surface area contributed by atoms with Gasteiger partial charge in [-0.05, 0) is 38.0 Å². The number of hydrogen-bond donors (Lipinski definition) is 2. The van der Waals surface area contributed by atoms with Gasteiger partial charge in [0.25, 0.3) is 0 Å². The molecule has 162 valence electrons. The molecule has 0 radical (unpaired) electrons. The molecule has 0 bridgehead atoms. The quantitative estimate of drug-likeness (QED) is 0.464. The van der Waals surface area contributed by atoms with Crippen molar-refractivity contribution in [3.05, 3.63) is 83.9 Å². The molecule has 1 aliphatic rings. The SMILES string of the molecule is CCNC(=NCc1ccc(Cn2ccnc2)cc1)NC1CC(C)(C)Oc2ccccc21. The van der Waals surface area contributed by atoms with Crippen molar-refractivity contribution in [3.8, 4) is 5.75 Å². The average molecular weight is 418 g/mol. The van der Waals surface area contributed by atoms with E-state index in [1.807, 2.05) is 24.7 Å². The van der Waals surface area contributed by atoms with Crippen molar-refractivity contribution < 1.29 is 4.74 Å². The van der Waals surface area contributed by atoms with Gasteiger partial charge in [0, 0.05) is 37.5 Å². The van der Waals surface area contributed by atoms with Crippen molar-refractivity contribution >= 4 is 5.96 Å². The molecule has 1 unspecified atom stereocenters. The highest BCUT2D eigenvalue weighted by Gasteiger charge is 2.33. The smallest absolute Gasteiger partial charge is 0.192 e. The molecule has 0 aliphatic carbocycles. The summed E-state index contributed by atoms with van der Waals surface area (Å²) in [5.74, 6) is 1.77. The molecular weight excluding hydrogens is 386 g/mol. The van der Waals surface area contributed by atoms with Gasteiger partial charge < -0.3 is 19.9 Å². The summed E-state index contributed by atoms with van der Waals surface area (Å²) in [5.41, 5.74) is 3.38. The summed E-state index contributed by atoms with van der Waals surface area (Å²) >= 11 is 0. The second-order valence-corrected chi connectivity index (χ2v) is 8.55. The fourth-order valence-corrected chi connectivity index (χ4v) is 3.93. The third kappa shape index (κ3) is 5.45. The first-order valence-electron chi connectivity index (χ1n) is 10.9. The lowest BCUT2D eigenvalue weighted by atomic mass is 9.90. The van der Waals surface area contributed by atoms with Gasteiger partial charge in [0.1, 0.15) is 11.4 Å². The van der Waals surface area contributed by atoms with E-state index in [-0.39, 0.29) is 11.6 Å². The van der Waals surface area contributed by atoms with Crippen LogP contribution in [0, 0.1) is 0 Å². The number of rotatable bonds is 6. The summed E-state index contributed by atoms with van der Waals surface area (Å²) in [6, 6.07) is 17.0. The van der Waals surface area contributed by atoms with Crippen molar-refractivity contribution in [3.63, 3.8) is 0 Å². The fraction of sp³-hybridized carbons (Fsp3) is 0.360. The molecule has 2 N–H and O–H groups in total. The highest BCUT2D eigenvalue weighted by atomic mass is 16.5. The van der Waals surface area contributed by atoms with Gasteiger partial charge in [0.15, 0.2) is 5.96 Å². The lowest BCUT2D eigenvalue weighted by molar-refractivity contribution is 0.0694.